The lowest BCUT2D eigenvalue weighted by Crippen LogP contribution is -2.50. The van der Waals surface area contributed by atoms with Gasteiger partial charge in [-0.25, -0.2) is 0 Å². The van der Waals surface area contributed by atoms with Gasteiger partial charge in [0.15, 0.2) is 0 Å². The summed E-state index contributed by atoms with van der Waals surface area (Å²) in [4.78, 5) is 42.2. The Morgan fingerprint density at radius 1 is 0.821 bits per heavy atom. The van der Waals surface area contributed by atoms with E-state index in [0.29, 0.717) is 43.9 Å². The standard InChI is InChI=1S/C22H25N3O3/c1-3-25(20-7-5-4-6-8-20)22(28)19-11-9-18(10-12-19)21(27)24-15-13-23(14-16-24)17(2)26/h4-12H,3,13-16H2,1-2H3. The zero-order valence-corrected chi connectivity index (χ0v) is 16.3. The summed E-state index contributed by atoms with van der Waals surface area (Å²) in [5, 5.41) is 0. The maximum Gasteiger partial charge on any atom is 0.258 e. The molecule has 3 amide bonds. The topological polar surface area (TPSA) is 60.9 Å². The lowest BCUT2D eigenvalue weighted by molar-refractivity contribution is -0.130. The molecular weight excluding hydrogens is 354 g/mol. The molecule has 3 rings (SSSR count). The number of benzene rings is 2. The molecule has 1 aliphatic rings. The smallest absolute Gasteiger partial charge is 0.258 e. The summed E-state index contributed by atoms with van der Waals surface area (Å²) in [6, 6.07) is 16.3. The summed E-state index contributed by atoms with van der Waals surface area (Å²) in [7, 11) is 0. The van der Waals surface area contributed by atoms with Crippen LogP contribution in [0.1, 0.15) is 34.6 Å². The van der Waals surface area contributed by atoms with Gasteiger partial charge >= 0.3 is 0 Å². The molecule has 6 heteroatoms. The van der Waals surface area contributed by atoms with Crippen LogP contribution in [0.4, 0.5) is 5.69 Å². The Labute approximate surface area is 165 Å². The van der Waals surface area contributed by atoms with Gasteiger partial charge in [0, 0.05) is 56.5 Å². The van der Waals surface area contributed by atoms with Crippen LogP contribution in [0.5, 0.6) is 0 Å². The van der Waals surface area contributed by atoms with Crippen LogP contribution in [0.2, 0.25) is 0 Å². The van der Waals surface area contributed by atoms with Gasteiger partial charge in [0.1, 0.15) is 0 Å². The van der Waals surface area contributed by atoms with Gasteiger partial charge < -0.3 is 14.7 Å². The van der Waals surface area contributed by atoms with Crippen LogP contribution in [-0.2, 0) is 4.79 Å². The summed E-state index contributed by atoms with van der Waals surface area (Å²) in [6.07, 6.45) is 0. The summed E-state index contributed by atoms with van der Waals surface area (Å²) in [5.41, 5.74) is 1.94. The molecule has 0 aromatic heterocycles. The average Bonchev–Trinajstić information content (AvgIpc) is 2.74. The van der Waals surface area contributed by atoms with Crippen molar-refractivity contribution in [3.8, 4) is 0 Å². The first kappa shape index (κ1) is 19.6. The minimum Gasteiger partial charge on any atom is -0.339 e. The molecule has 2 aromatic rings. The minimum absolute atomic E-state index is 0.0360. The molecule has 0 N–H and O–H groups in total. The number of piperazine rings is 1. The fraction of sp³-hybridized carbons (Fsp3) is 0.318. The van der Waals surface area contributed by atoms with Crippen LogP contribution in [0, 0.1) is 0 Å². The van der Waals surface area contributed by atoms with E-state index in [1.165, 1.54) is 0 Å². The molecule has 1 saturated heterocycles. The zero-order valence-electron chi connectivity index (χ0n) is 16.3. The third-order valence-electron chi connectivity index (χ3n) is 5.02. The number of rotatable bonds is 4. The molecule has 1 heterocycles. The molecule has 1 aliphatic heterocycles. The van der Waals surface area contributed by atoms with Crippen LogP contribution in [0.15, 0.2) is 54.6 Å². The third-order valence-corrected chi connectivity index (χ3v) is 5.02. The number of hydrogen-bond donors (Lipinski definition) is 0. The van der Waals surface area contributed by atoms with E-state index >= 15 is 0 Å². The number of anilines is 1. The van der Waals surface area contributed by atoms with Gasteiger partial charge in [-0.15, -0.1) is 0 Å². The van der Waals surface area contributed by atoms with Crippen molar-refractivity contribution in [2.24, 2.45) is 0 Å². The number of hydrogen-bond acceptors (Lipinski definition) is 3. The highest BCUT2D eigenvalue weighted by Gasteiger charge is 2.23. The van der Waals surface area contributed by atoms with E-state index in [0.717, 1.165) is 5.69 Å². The van der Waals surface area contributed by atoms with E-state index in [2.05, 4.69) is 0 Å². The number of amides is 3. The maximum absolute atomic E-state index is 12.9. The lowest BCUT2D eigenvalue weighted by atomic mass is 10.1. The largest absolute Gasteiger partial charge is 0.339 e. The summed E-state index contributed by atoms with van der Waals surface area (Å²) in [5.74, 6) is -0.130. The SMILES string of the molecule is CCN(C(=O)c1ccc(C(=O)N2CCN(C(C)=O)CC2)cc1)c1ccccc1. The molecule has 0 unspecified atom stereocenters. The zero-order chi connectivity index (χ0) is 20.1. The molecule has 1 fully saturated rings. The van der Waals surface area contributed by atoms with Gasteiger partial charge in [-0.3, -0.25) is 14.4 Å². The first-order valence-corrected chi connectivity index (χ1v) is 9.53. The lowest BCUT2D eigenvalue weighted by Gasteiger charge is -2.34. The summed E-state index contributed by atoms with van der Waals surface area (Å²) < 4.78 is 0. The fourth-order valence-corrected chi connectivity index (χ4v) is 3.37. The van der Waals surface area contributed by atoms with E-state index in [1.807, 2.05) is 37.3 Å². The van der Waals surface area contributed by atoms with Crippen molar-refractivity contribution in [1.82, 2.24) is 9.80 Å². The molecule has 0 bridgehead atoms. The normalized spacial score (nSPS) is 13.9. The molecule has 0 aliphatic carbocycles. The third kappa shape index (κ3) is 4.22. The highest BCUT2D eigenvalue weighted by atomic mass is 16.2. The highest BCUT2D eigenvalue weighted by Crippen LogP contribution is 2.18. The fourth-order valence-electron chi connectivity index (χ4n) is 3.37. The van der Waals surface area contributed by atoms with Crippen LogP contribution < -0.4 is 4.90 Å². The predicted molar refractivity (Wildman–Crippen MR) is 108 cm³/mol. The molecular formula is C22H25N3O3. The molecule has 146 valence electrons. The molecule has 0 radical (unpaired) electrons. The monoisotopic (exact) mass is 379 g/mol. The first-order valence-electron chi connectivity index (χ1n) is 9.53. The van der Waals surface area contributed by atoms with E-state index in [9.17, 15) is 14.4 Å². The molecule has 0 saturated carbocycles. The first-order chi connectivity index (χ1) is 13.5. The van der Waals surface area contributed by atoms with Crippen molar-refractivity contribution in [1.29, 1.82) is 0 Å². The van der Waals surface area contributed by atoms with Crippen molar-refractivity contribution >= 4 is 23.4 Å². The van der Waals surface area contributed by atoms with E-state index in [1.54, 1.807) is 45.9 Å². The Hall–Kier alpha value is -3.15. The quantitative estimate of drug-likeness (QED) is 0.821. The Bertz CT molecular complexity index is 841. The van der Waals surface area contributed by atoms with Gasteiger partial charge in [-0.2, -0.15) is 0 Å². The Morgan fingerprint density at radius 2 is 1.36 bits per heavy atom. The number of carbonyl (C=O) groups is 3. The predicted octanol–water partition coefficient (Wildman–Crippen LogP) is 2.66. The van der Waals surface area contributed by atoms with Crippen LogP contribution in [0.3, 0.4) is 0 Å². The van der Waals surface area contributed by atoms with Gasteiger partial charge in [-0.1, -0.05) is 18.2 Å². The summed E-state index contributed by atoms with van der Waals surface area (Å²) in [6.45, 7) is 6.20. The highest BCUT2D eigenvalue weighted by molar-refractivity contribution is 6.06. The van der Waals surface area contributed by atoms with Crippen molar-refractivity contribution in [3.63, 3.8) is 0 Å². The van der Waals surface area contributed by atoms with E-state index < -0.39 is 0 Å². The van der Waals surface area contributed by atoms with E-state index in [4.69, 9.17) is 0 Å². The molecule has 2 aromatic carbocycles. The molecule has 0 spiro atoms. The molecule has 0 atom stereocenters. The Morgan fingerprint density at radius 3 is 1.89 bits per heavy atom. The average molecular weight is 379 g/mol. The summed E-state index contributed by atoms with van der Waals surface area (Å²) >= 11 is 0. The Balaban J connectivity index is 1.68. The Kier molecular flexibility index (Phi) is 6.09. The number of carbonyl (C=O) groups excluding carboxylic acids is 3. The second kappa shape index (κ2) is 8.69. The van der Waals surface area contributed by atoms with Crippen molar-refractivity contribution < 1.29 is 14.4 Å². The molecule has 6 nitrogen and oxygen atoms in total. The van der Waals surface area contributed by atoms with Crippen LogP contribution in [0.25, 0.3) is 0 Å². The minimum atomic E-state index is -0.0947. The van der Waals surface area contributed by atoms with E-state index in [-0.39, 0.29) is 17.7 Å². The van der Waals surface area contributed by atoms with Crippen molar-refractivity contribution in [3.05, 3.63) is 65.7 Å². The van der Waals surface area contributed by atoms with Crippen LogP contribution >= 0.6 is 0 Å². The number of para-hydroxylation sites is 1. The molecule has 28 heavy (non-hydrogen) atoms. The van der Waals surface area contributed by atoms with Gasteiger partial charge in [0.2, 0.25) is 5.91 Å². The maximum atomic E-state index is 12.9. The van der Waals surface area contributed by atoms with Gasteiger partial charge in [0.05, 0.1) is 0 Å². The number of nitrogens with zero attached hydrogens (tertiary/aromatic N) is 3. The van der Waals surface area contributed by atoms with Crippen molar-refractivity contribution in [2.45, 2.75) is 13.8 Å². The second-order valence-corrected chi connectivity index (χ2v) is 6.76. The second-order valence-electron chi connectivity index (χ2n) is 6.76. The van der Waals surface area contributed by atoms with Crippen LogP contribution in [-0.4, -0.2) is 60.2 Å². The van der Waals surface area contributed by atoms with Gasteiger partial charge in [0.25, 0.3) is 11.8 Å². The van der Waals surface area contributed by atoms with Crippen molar-refractivity contribution in [2.75, 3.05) is 37.6 Å². The van der Waals surface area contributed by atoms with Gasteiger partial charge in [-0.05, 0) is 43.3 Å².